The van der Waals surface area contributed by atoms with Crippen molar-refractivity contribution in [2.24, 2.45) is 0 Å². The van der Waals surface area contributed by atoms with Crippen molar-refractivity contribution in [2.75, 3.05) is 26.2 Å². The van der Waals surface area contributed by atoms with Gasteiger partial charge in [-0.15, -0.1) is 0 Å². The normalized spacial score (nSPS) is 19.2. The summed E-state index contributed by atoms with van der Waals surface area (Å²) in [5, 5.41) is 76.4. The molecular weight excluding hydrogens is 1160 g/mol. The molecule has 21 heteroatoms. The second kappa shape index (κ2) is 21.8. The number of phenolic OH excluding ortho intramolecular Hbond substituents is 6. The number of Topliss-reactive ketones (excluding diaryl/α,β-unsaturated/α-hetero) is 6. The van der Waals surface area contributed by atoms with E-state index in [1.807, 2.05) is 30.3 Å². The molecule has 0 spiro atoms. The molecule has 2 saturated heterocycles. The first kappa shape index (κ1) is 56.3. The predicted octanol–water partition coefficient (Wildman–Crippen LogP) is 10.2. The van der Waals surface area contributed by atoms with Crippen LogP contribution >= 0.6 is 46.4 Å². The Labute approximate surface area is 500 Å². The summed E-state index contributed by atoms with van der Waals surface area (Å²) in [6, 6.07) is 25.3. The molecule has 2 heterocycles. The Morgan fingerprint density at radius 2 is 0.893 bits per heavy atom. The highest BCUT2D eigenvalue weighted by molar-refractivity contribution is 6.52. The fourth-order valence-corrected chi connectivity index (χ4v) is 13.1. The van der Waals surface area contributed by atoms with Gasteiger partial charge in [0.1, 0.15) is 66.7 Å². The smallest absolute Gasteiger partial charge is 0.215 e. The third kappa shape index (κ3) is 9.71. The van der Waals surface area contributed by atoms with Crippen LogP contribution in [0.3, 0.4) is 0 Å². The minimum atomic E-state index is -0.857. The number of benzene rings is 6. The van der Waals surface area contributed by atoms with Gasteiger partial charge in [0.05, 0.1) is 38.9 Å². The van der Waals surface area contributed by atoms with Crippen LogP contribution in [-0.2, 0) is 18.6 Å². The molecule has 6 aliphatic rings. The number of allylic oxidation sites excluding steroid dienone is 6. The quantitative estimate of drug-likeness (QED) is 0.0487. The number of ketones is 6. The summed E-state index contributed by atoms with van der Waals surface area (Å²) in [5.41, 5.74) is -0.178. The van der Waals surface area contributed by atoms with Crippen LogP contribution in [0.4, 0.5) is 0 Å². The van der Waals surface area contributed by atoms with Crippen molar-refractivity contribution in [2.45, 2.75) is 69.2 Å². The number of hydrogen-bond acceptors (Lipinski definition) is 17. The number of fused-ring (bicyclic) bond motifs is 3. The van der Waals surface area contributed by atoms with Crippen molar-refractivity contribution in [3.8, 4) is 56.8 Å². The second-order valence-corrected chi connectivity index (χ2v) is 23.5. The van der Waals surface area contributed by atoms with Crippen LogP contribution < -0.4 is 16.0 Å². The maximum absolute atomic E-state index is 14.6. The van der Waals surface area contributed by atoms with Crippen LogP contribution in [0.1, 0.15) is 117 Å². The Balaban J connectivity index is 0.723. The third-order valence-electron chi connectivity index (χ3n) is 16.7. The van der Waals surface area contributed by atoms with Crippen LogP contribution in [-0.4, -0.2) is 113 Å². The molecular formula is C63H51Cl4N5O12. The zero-order chi connectivity index (χ0) is 59.2. The summed E-state index contributed by atoms with van der Waals surface area (Å²) in [4.78, 5) is 87.6. The number of rotatable bonds is 13. The van der Waals surface area contributed by atoms with E-state index in [1.54, 1.807) is 42.5 Å². The Hall–Kier alpha value is -8.16. The predicted molar refractivity (Wildman–Crippen MR) is 313 cm³/mol. The monoisotopic (exact) mass is 1210 g/mol. The molecule has 1 saturated carbocycles. The zero-order valence-corrected chi connectivity index (χ0v) is 47.4. The number of hydrogen-bond donors (Lipinski definition) is 9. The molecule has 0 radical (unpaired) electrons. The second-order valence-electron chi connectivity index (χ2n) is 21.9. The van der Waals surface area contributed by atoms with Gasteiger partial charge in [-0.3, -0.25) is 38.6 Å². The lowest BCUT2D eigenvalue weighted by Gasteiger charge is -2.35. The molecule has 0 bridgehead atoms. The van der Waals surface area contributed by atoms with Crippen molar-refractivity contribution in [1.29, 1.82) is 0 Å². The number of phenols is 6. The third-order valence-corrected chi connectivity index (χ3v) is 18.1. The molecule has 428 valence electrons. The van der Waals surface area contributed by atoms with Gasteiger partial charge in [-0.05, 0) is 109 Å². The van der Waals surface area contributed by atoms with E-state index in [2.05, 4.69) is 25.8 Å². The maximum atomic E-state index is 14.6. The van der Waals surface area contributed by atoms with Gasteiger partial charge in [0, 0.05) is 61.0 Å². The summed E-state index contributed by atoms with van der Waals surface area (Å²) in [5.74, 6) is -7.82. The Kier molecular flexibility index (Phi) is 14.6. The first-order chi connectivity index (χ1) is 40.2. The molecule has 0 amide bonds. The summed E-state index contributed by atoms with van der Waals surface area (Å²) in [6.07, 6.45) is 3.49. The van der Waals surface area contributed by atoms with Crippen LogP contribution in [0, 0.1) is 0 Å². The van der Waals surface area contributed by atoms with Crippen molar-refractivity contribution in [1.82, 2.24) is 25.8 Å². The van der Waals surface area contributed by atoms with Crippen LogP contribution in [0.15, 0.2) is 129 Å². The largest absolute Gasteiger partial charge is 0.507 e. The fraction of sp³-hybridized carbons (Fsp3) is 0.238. The van der Waals surface area contributed by atoms with Gasteiger partial charge in [-0.25, -0.2) is 0 Å². The highest BCUT2D eigenvalue weighted by Crippen LogP contribution is 2.51. The first-order valence-electron chi connectivity index (χ1n) is 27.1. The standard InChI is InChI=1S/C63H51Cl4N5O12/c64-32-13-11-31(12-14-32)63(19-20-63)70-54-51(67)59(81)47-46(61(54)83)42(76)25-37(55(47)77)35-9-3-1-6-29(35)26-71-22-17-33(18-23-71)68-53-50(66)58(80)45-41(75)24-38(56(78)48(45)62(53)84)36-10-4-2-7-30(36)27-72-21-5-8-34(28-72)69-52-49(65)57(79)43-39(73)15-16-40(74)44(43)60(52)82/h1-4,6-7,9-16,24-25,33-34,68-70,73-78H,5,8,17-23,26-28H2. The van der Waals surface area contributed by atoms with E-state index in [1.165, 1.54) is 12.1 Å². The van der Waals surface area contributed by atoms with Gasteiger partial charge in [0.2, 0.25) is 34.7 Å². The number of piperidine rings is 2. The first-order valence-corrected chi connectivity index (χ1v) is 28.6. The highest BCUT2D eigenvalue weighted by Gasteiger charge is 2.49. The topological polar surface area (TPSA) is 266 Å². The highest BCUT2D eigenvalue weighted by atomic mass is 35.5. The van der Waals surface area contributed by atoms with Crippen molar-refractivity contribution in [3.05, 3.63) is 184 Å². The number of halogens is 4. The molecule has 0 aromatic heterocycles. The van der Waals surface area contributed by atoms with Gasteiger partial charge < -0.3 is 46.6 Å². The molecule has 6 aromatic carbocycles. The Bertz CT molecular complexity index is 4010. The lowest BCUT2D eigenvalue weighted by Crippen LogP contribution is -2.46. The minimum absolute atomic E-state index is 0.0873. The fourth-order valence-electron chi connectivity index (χ4n) is 12.3. The number of nitrogens with zero attached hydrogens (tertiary/aromatic N) is 2. The van der Waals surface area contributed by atoms with E-state index in [9.17, 15) is 59.4 Å². The van der Waals surface area contributed by atoms with Gasteiger partial charge in [-0.1, -0.05) is 107 Å². The van der Waals surface area contributed by atoms with Crippen molar-refractivity contribution in [3.63, 3.8) is 0 Å². The van der Waals surface area contributed by atoms with Crippen molar-refractivity contribution >= 4 is 81.1 Å². The molecule has 3 fully saturated rings. The average molecular weight is 1210 g/mol. The van der Waals surface area contributed by atoms with Gasteiger partial charge in [-0.2, -0.15) is 0 Å². The molecule has 2 aliphatic heterocycles. The summed E-state index contributed by atoms with van der Waals surface area (Å²) in [7, 11) is 0. The number of carbonyl (C=O) groups is 6. The van der Waals surface area contributed by atoms with Crippen LogP contribution in [0.5, 0.6) is 34.5 Å². The molecule has 9 N–H and O–H groups in total. The van der Waals surface area contributed by atoms with E-state index in [0.717, 1.165) is 23.3 Å². The molecule has 1 unspecified atom stereocenters. The van der Waals surface area contributed by atoms with E-state index < -0.39 is 107 Å². The lowest BCUT2D eigenvalue weighted by atomic mass is 9.85. The molecule has 6 aromatic rings. The number of carbonyl (C=O) groups excluding carboxylic acids is 6. The number of likely N-dealkylation sites (tertiary alicyclic amines) is 2. The summed E-state index contributed by atoms with van der Waals surface area (Å²) < 4.78 is 0. The Morgan fingerprint density at radius 1 is 0.452 bits per heavy atom. The van der Waals surface area contributed by atoms with E-state index in [0.29, 0.717) is 99.5 Å². The molecule has 4 aliphatic carbocycles. The SMILES string of the molecule is O=C1C(Cl)=C(NC2CCCN(Cc3ccccc3-c3cc(O)c4c(c3O)C(=O)C(NC3CCN(Cc5ccccc5-c5cc(O)c6c(c5O)C(=O)C(Cl)=C(NC5(c7ccc(Cl)cc7)CC5)C6=O)CC3)=C(Cl)C4=O)C2)C(=O)c2c(O)ccc(O)c21. The maximum Gasteiger partial charge on any atom is 0.215 e. The molecule has 12 rings (SSSR count). The van der Waals surface area contributed by atoms with Crippen molar-refractivity contribution < 1.29 is 59.4 Å². The molecule has 84 heavy (non-hydrogen) atoms. The van der Waals surface area contributed by atoms with Crippen LogP contribution in [0.2, 0.25) is 5.02 Å². The number of aromatic hydroxyl groups is 6. The molecule has 1 atom stereocenters. The summed E-state index contributed by atoms with van der Waals surface area (Å²) >= 11 is 25.9. The number of nitrogens with one attached hydrogen (secondary N) is 3. The Morgan fingerprint density at radius 3 is 1.45 bits per heavy atom. The van der Waals surface area contributed by atoms with Gasteiger partial charge >= 0.3 is 0 Å². The minimum Gasteiger partial charge on any atom is -0.507 e. The van der Waals surface area contributed by atoms with Gasteiger partial charge in [0.15, 0.2) is 0 Å². The lowest BCUT2D eigenvalue weighted by molar-refractivity contribution is 0.0963. The zero-order valence-electron chi connectivity index (χ0n) is 44.4. The van der Waals surface area contributed by atoms with E-state index in [4.69, 9.17) is 46.4 Å². The van der Waals surface area contributed by atoms with Gasteiger partial charge in [0.25, 0.3) is 0 Å². The average Bonchev–Trinajstić information content (AvgIpc) is 2.39. The molecule has 17 nitrogen and oxygen atoms in total. The van der Waals surface area contributed by atoms with Crippen LogP contribution in [0.25, 0.3) is 22.3 Å². The van der Waals surface area contributed by atoms with E-state index in [-0.39, 0.29) is 57.0 Å². The summed E-state index contributed by atoms with van der Waals surface area (Å²) in [6.45, 7) is 2.57. The van der Waals surface area contributed by atoms with E-state index >= 15 is 0 Å².